The monoisotopic (exact) mass is 256 g/mol. The van der Waals surface area contributed by atoms with Crippen LogP contribution in [0.3, 0.4) is 0 Å². The Morgan fingerprint density at radius 2 is 1.50 bits per heavy atom. The lowest BCUT2D eigenvalue weighted by Gasteiger charge is -2.45. The Morgan fingerprint density at radius 1 is 1.00 bits per heavy atom. The van der Waals surface area contributed by atoms with Crippen LogP contribution in [-0.2, 0) is 4.79 Å². The highest BCUT2D eigenvalue weighted by Gasteiger charge is 2.33. The molecule has 0 radical (unpaired) electrons. The van der Waals surface area contributed by atoms with E-state index in [1.807, 2.05) is 20.6 Å². The Bertz CT molecular complexity index is 209. The van der Waals surface area contributed by atoms with Gasteiger partial charge in [-0.15, -0.1) is 0 Å². The second-order valence-electron chi connectivity index (χ2n) is 5.45. The standard InChI is InChI=1S/C12H24N2.C2H6.CH2O/c1-10(2)14-7-5-11-8-13(3)6-4-12(11)9-14;2*1-2/h10-12H,4-9H2,1-3H3;1-2H3;1H2. The first-order valence-corrected chi connectivity index (χ1v) is 7.38. The first kappa shape index (κ1) is 17.6. The summed E-state index contributed by atoms with van der Waals surface area (Å²) in [4.78, 5) is 13.2. The van der Waals surface area contributed by atoms with E-state index in [0.29, 0.717) is 0 Å². The van der Waals surface area contributed by atoms with Gasteiger partial charge in [-0.05, 0) is 58.7 Å². The van der Waals surface area contributed by atoms with Crippen LogP contribution in [0.4, 0.5) is 0 Å². The van der Waals surface area contributed by atoms with Crippen LogP contribution in [0, 0.1) is 11.8 Å². The number of rotatable bonds is 1. The van der Waals surface area contributed by atoms with E-state index in [0.717, 1.165) is 17.9 Å². The molecule has 0 amide bonds. The molecule has 2 rings (SSSR count). The summed E-state index contributed by atoms with van der Waals surface area (Å²) in [5, 5.41) is 0. The van der Waals surface area contributed by atoms with Gasteiger partial charge in [-0.3, -0.25) is 0 Å². The zero-order valence-corrected chi connectivity index (χ0v) is 13.0. The topological polar surface area (TPSA) is 23.6 Å². The lowest BCUT2D eigenvalue weighted by atomic mass is 9.80. The molecular weight excluding hydrogens is 224 g/mol. The Balaban J connectivity index is 0.000000659. The Labute approximate surface area is 114 Å². The van der Waals surface area contributed by atoms with E-state index in [-0.39, 0.29) is 0 Å². The zero-order valence-electron chi connectivity index (χ0n) is 13.0. The molecule has 2 atom stereocenters. The van der Waals surface area contributed by atoms with Crippen LogP contribution in [-0.4, -0.2) is 55.9 Å². The smallest absolute Gasteiger partial charge is 0.106 e. The molecule has 108 valence electrons. The molecule has 0 spiro atoms. The van der Waals surface area contributed by atoms with Gasteiger partial charge in [-0.25, -0.2) is 0 Å². The van der Waals surface area contributed by atoms with Crippen molar-refractivity contribution in [1.82, 2.24) is 9.80 Å². The second-order valence-corrected chi connectivity index (χ2v) is 5.45. The van der Waals surface area contributed by atoms with Gasteiger partial charge in [0.05, 0.1) is 0 Å². The van der Waals surface area contributed by atoms with Crippen molar-refractivity contribution in [3.8, 4) is 0 Å². The molecule has 0 aromatic carbocycles. The van der Waals surface area contributed by atoms with Gasteiger partial charge in [0.15, 0.2) is 0 Å². The van der Waals surface area contributed by atoms with Gasteiger partial charge in [0.2, 0.25) is 0 Å². The van der Waals surface area contributed by atoms with Crippen LogP contribution in [0.25, 0.3) is 0 Å². The molecule has 2 aliphatic rings. The number of carbonyl (C=O) groups is 1. The Kier molecular flexibility index (Phi) is 9.29. The summed E-state index contributed by atoms with van der Waals surface area (Å²) in [7, 11) is 2.27. The number of nitrogens with zero attached hydrogens (tertiary/aromatic N) is 2. The summed E-state index contributed by atoms with van der Waals surface area (Å²) < 4.78 is 0. The summed E-state index contributed by atoms with van der Waals surface area (Å²) >= 11 is 0. The first-order valence-electron chi connectivity index (χ1n) is 7.38. The van der Waals surface area contributed by atoms with Gasteiger partial charge in [0.1, 0.15) is 6.79 Å². The van der Waals surface area contributed by atoms with Crippen molar-refractivity contribution in [3.05, 3.63) is 0 Å². The van der Waals surface area contributed by atoms with Crippen molar-refractivity contribution in [1.29, 1.82) is 0 Å². The van der Waals surface area contributed by atoms with E-state index >= 15 is 0 Å². The molecule has 18 heavy (non-hydrogen) atoms. The lowest BCUT2D eigenvalue weighted by molar-refractivity contribution is -0.0979. The maximum Gasteiger partial charge on any atom is 0.106 e. The maximum absolute atomic E-state index is 8.00. The highest BCUT2D eigenvalue weighted by Crippen LogP contribution is 2.31. The fourth-order valence-corrected chi connectivity index (χ4v) is 3.02. The van der Waals surface area contributed by atoms with E-state index in [2.05, 4.69) is 30.7 Å². The molecule has 0 aromatic rings. The van der Waals surface area contributed by atoms with E-state index in [1.54, 1.807) is 0 Å². The van der Waals surface area contributed by atoms with Crippen LogP contribution in [0.5, 0.6) is 0 Å². The van der Waals surface area contributed by atoms with Crippen molar-refractivity contribution in [2.45, 2.75) is 46.6 Å². The summed E-state index contributed by atoms with van der Waals surface area (Å²) in [6.45, 7) is 16.0. The fourth-order valence-electron chi connectivity index (χ4n) is 3.02. The van der Waals surface area contributed by atoms with Crippen molar-refractivity contribution < 1.29 is 4.79 Å². The summed E-state index contributed by atoms with van der Waals surface area (Å²) in [6.07, 6.45) is 2.84. The van der Waals surface area contributed by atoms with Gasteiger partial charge in [-0.1, -0.05) is 13.8 Å². The Morgan fingerprint density at radius 3 is 2.06 bits per heavy atom. The molecule has 0 bridgehead atoms. The van der Waals surface area contributed by atoms with Crippen molar-refractivity contribution in [2.24, 2.45) is 11.8 Å². The number of likely N-dealkylation sites (tertiary alicyclic amines) is 2. The predicted molar refractivity (Wildman–Crippen MR) is 78.9 cm³/mol. The SMILES string of the molecule is C=O.CC.CC(C)N1CCC2CN(C)CCC2C1. The summed E-state index contributed by atoms with van der Waals surface area (Å²) in [5.41, 5.74) is 0. The minimum atomic E-state index is 0.746. The fraction of sp³-hybridized carbons (Fsp3) is 0.933. The van der Waals surface area contributed by atoms with E-state index in [9.17, 15) is 0 Å². The van der Waals surface area contributed by atoms with Gasteiger partial charge in [-0.2, -0.15) is 0 Å². The quantitative estimate of drug-likeness (QED) is 0.720. The highest BCUT2D eigenvalue weighted by atomic mass is 16.1. The van der Waals surface area contributed by atoms with Crippen LogP contribution in [0.2, 0.25) is 0 Å². The van der Waals surface area contributed by atoms with E-state index in [4.69, 9.17) is 4.79 Å². The number of hydrogen-bond donors (Lipinski definition) is 0. The lowest BCUT2D eigenvalue weighted by Crippen LogP contribution is -2.50. The molecule has 2 aliphatic heterocycles. The minimum Gasteiger partial charge on any atom is -0.307 e. The van der Waals surface area contributed by atoms with E-state index in [1.165, 1.54) is 39.0 Å². The van der Waals surface area contributed by atoms with Crippen molar-refractivity contribution in [2.75, 3.05) is 33.2 Å². The molecule has 3 heteroatoms. The highest BCUT2D eigenvalue weighted by molar-refractivity contribution is 5.11. The third kappa shape index (κ3) is 5.07. The van der Waals surface area contributed by atoms with Crippen LogP contribution in [0.15, 0.2) is 0 Å². The molecule has 2 heterocycles. The number of piperidine rings is 2. The summed E-state index contributed by atoms with van der Waals surface area (Å²) in [5.74, 6) is 1.98. The average molecular weight is 256 g/mol. The predicted octanol–water partition coefficient (Wildman–Crippen LogP) is 2.51. The number of hydrogen-bond acceptors (Lipinski definition) is 3. The molecule has 2 saturated heterocycles. The van der Waals surface area contributed by atoms with Crippen molar-refractivity contribution in [3.63, 3.8) is 0 Å². The molecule has 2 fully saturated rings. The maximum atomic E-state index is 8.00. The number of carbonyl (C=O) groups excluding carboxylic acids is 1. The zero-order chi connectivity index (χ0) is 14.1. The third-order valence-corrected chi connectivity index (χ3v) is 4.08. The minimum absolute atomic E-state index is 0.746. The average Bonchev–Trinajstić information content (AvgIpc) is 2.42. The van der Waals surface area contributed by atoms with Gasteiger partial charge in [0.25, 0.3) is 0 Å². The van der Waals surface area contributed by atoms with Gasteiger partial charge < -0.3 is 14.6 Å². The molecule has 0 N–H and O–H groups in total. The molecule has 0 aliphatic carbocycles. The van der Waals surface area contributed by atoms with Crippen LogP contribution < -0.4 is 0 Å². The molecule has 2 unspecified atom stereocenters. The van der Waals surface area contributed by atoms with Gasteiger partial charge in [0, 0.05) is 19.1 Å². The molecule has 0 saturated carbocycles. The summed E-state index contributed by atoms with van der Waals surface area (Å²) in [6, 6.07) is 0.746. The second kappa shape index (κ2) is 9.51. The van der Waals surface area contributed by atoms with Crippen LogP contribution in [0.1, 0.15) is 40.5 Å². The van der Waals surface area contributed by atoms with Crippen LogP contribution >= 0.6 is 0 Å². The Hall–Kier alpha value is -0.410. The normalized spacial score (nSPS) is 28.6. The first-order chi connectivity index (χ1) is 8.66. The largest absolute Gasteiger partial charge is 0.307 e. The van der Waals surface area contributed by atoms with Crippen molar-refractivity contribution >= 4 is 6.79 Å². The molecule has 3 nitrogen and oxygen atoms in total. The van der Waals surface area contributed by atoms with Gasteiger partial charge >= 0.3 is 0 Å². The molecular formula is C15H32N2O. The molecule has 0 aromatic heterocycles. The number of fused-ring (bicyclic) bond motifs is 1. The van der Waals surface area contributed by atoms with E-state index < -0.39 is 0 Å². The third-order valence-electron chi connectivity index (χ3n) is 4.08.